The maximum absolute atomic E-state index is 7.65. The van der Waals surface area contributed by atoms with Crippen molar-refractivity contribution in [2.75, 3.05) is 18.9 Å². The number of nitrogens with zero attached hydrogens (tertiary/aromatic N) is 3. The van der Waals surface area contributed by atoms with E-state index in [1.165, 1.54) is 0 Å². The standard InChI is InChI=1S/C24H24N4O3/c1-26-22-21(17-7-9-20(10-8-17)31-19-5-3-2-4-6-19)27-28(23(22)25)18-11-13-24(14-12-18)29-15-16-30-24/h2-10,18H,11-16,25H2. The van der Waals surface area contributed by atoms with Crippen molar-refractivity contribution in [2.45, 2.75) is 37.5 Å². The molecule has 0 radical (unpaired) electrons. The van der Waals surface area contributed by atoms with E-state index in [0.29, 0.717) is 30.4 Å². The number of para-hydroxylation sites is 1. The minimum absolute atomic E-state index is 0.133. The van der Waals surface area contributed by atoms with Crippen LogP contribution in [0.4, 0.5) is 11.5 Å². The summed E-state index contributed by atoms with van der Waals surface area (Å²) in [5.41, 5.74) is 8.20. The first kappa shape index (κ1) is 19.6. The van der Waals surface area contributed by atoms with Gasteiger partial charge in [-0.25, -0.2) is 4.85 Å². The average Bonchev–Trinajstić information content (AvgIpc) is 3.40. The normalized spacial score (nSPS) is 18.2. The Morgan fingerprint density at radius 1 is 1.00 bits per heavy atom. The molecular formula is C24H24N4O3. The molecule has 1 spiro atoms. The molecule has 2 heterocycles. The van der Waals surface area contributed by atoms with Gasteiger partial charge in [0, 0.05) is 12.8 Å². The number of ether oxygens (including phenoxy) is 3. The third kappa shape index (κ3) is 3.76. The Morgan fingerprint density at radius 3 is 2.29 bits per heavy atom. The third-order valence-electron chi connectivity index (χ3n) is 6.02. The lowest BCUT2D eigenvalue weighted by Crippen LogP contribution is -2.36. The van der Waals surface area contributed by atoms with Crippen LogP contribution in [0.3, 0.4) is 0 Å². The summed E-state index contributed by atoms with van der Waals surface area (Å²) in [5, 5.41) is 4.76. The Kier molecular flexibility index (Phi) is 5.10. The maximum Gasteiger partial charge on any atom is 0.254 e. The summed E-state index contributed by atoms with van der Waals surface area (Å²) in [5.74, 6) is 1.49. The number of aromatic nitrogens is 2. The zero-order valence-corrected chi connectivity index (χ0v) is 17.2. The van der Waals surface area contributed by atoms with E-state index in [9.17, 15) is 0 Å². The summed E-state index contributed by atoms with van der Waals surface area (Å²) < 4.78 is 19.3. The van der Waals surface area contributed by atoms with Gasteiger partial charge in [0.25, 0.3) is 5.69 Å². The molecule has 2 aliphatic rings. The second-order valence-electron chi connectivity index (χ2n) is 7.92. The van der Waals surface area contributed by atoms with Crippen molar-refractivity contribution in [3.05, 3.63) is 66.0 Å². The molecule has 0 unspecified atom stereocenters. The highest BCUT2D eigenvalue weighted by Gasteiger charge is 2.41. The van der Waals surface area contributed by atoms with E-state index in [2.05, 4.69) is 4.85 Å². The van der Waals surface area contributed by atoms with Crippen LogP contribution in [0.25, 0.3) is 16.1 Å². The molecule has 0 amide bonds. The van der Waals surface area contributed by atoms with Gasteiger partial charge in [-0.2, -0.15) is 5.10 Å². The highest BCUT2D eigenvalue weighted by molar-refractivity contribution is 5.83. The molecule has 1 aliphatic carbocycles. The molecule has 1 aliphatic heterocycles. The largest absolute Gasteiger partial charge is 0.457 e. The van der Waals surface area contributed by atoms with Crippen LogP contribution >= 0.6 is 0 Å². The van der Waals surface area contributed by atoms with Gasteiger partial charge in [0.15, 0.2) is 5.79 Å². The van der Waals surface area contributed by atoms with Gasteiger partial charge >= 0.3 is 0 Å². The molecule has 1 aromatic heterocycles. The lowest BCUT2D eigenvalue weighted by molar-refractivity contribution is -0.181. The maximum atomic E-state index is 7.65. The number of hydrogen-bond donors (Lipinski definition) is 1. The molecular weight excluding hydrogens is 392 g/mol. The van der Waals surface area contributed by atoms with Crippen molar-refractivity contribution >= 4 is 11.5 Å². The monoisotopic (exact) mass is 416 g/mol. The number of hydrogen-bond acceptors (Lipinski definition) is 5. The minimum Gasteiger partial charge on any atom is -0.457 e. The first-order valence-corrected chi connectivity index (χ1v) is 10.5. The molecule has 0 bridgehead atoms. The lowest BCUT2D eigenvalue weighted by atomic mass is 9.90. The molecule has 5 rings (SSSR count). The summed E-state index contributed by atoms with van der Waals surface area (Å²) in [6, 6.07) is 17.3. The molecule has 2 fully saturated rings. The highest BCUT2D eigenvalue weighted by atomic mass is 16.7. The van der Waals surface area contributed by atoms with Crippen LogP contribution in [0.1, 0.15) is 31.7 Å². The number of benzene rings is 2. The Labute approximate surface area is 181 Å². The van der Waals surface area contributed by atoms with E-state index in [1.807, 2.05) is 59.3 Å². The summed E-state index contributed by atoms with van der Waals surface area (Å²) in [7, 11) is 0. The molecule has 31 heavy (non-hydrogen) atoms. The Hall–Kier alpha value is -3.34. The molecule has 7 nitrogen and oxygen atoms in total. The van der Waals surface area contributed by atoms with Crippen LogP contribution in [0.5, 0.6) is 11.5 Å². The summed E-state index contributed by atoms with van der Waals surface area (Å²) in [6.07, 6.45) is 3.33. The number of rotatable bonds is 4. The minimum atomic E-state index is -0.432. The average molecular weight is 416 g/mol. The van der Waals surface area contributed by atoms with Gasteiger partial charge in [-0.1, -0.05) is 30.3 Å². The smallest absolute Gasteiger partial charge is 0.254 e. The number of nitrogen functional groups attached to an aromatic ring is 1. The summed E-state index contributed by atoms with van der Waals surface area (Å²) >= 11 is 0. The van der Waals surface area contributed by atoms with E-state index in [4.69, 9.17) is 31.6 Å². The van der Waals surface area contributed by atoms with E-state index in [1.54, 1.807) is 0 Å². The van der Waals surface area contributed by atoms with E-state index < -0.39 is 5.79 Å². The molecule has 0 atom stereocenters. The molecule has 3 aromatic rings. The number of nitrogens with two attached hydrogens (primary N) is 1. The fourth-order valence-electron chi connectivity index (χ4n) is 4.40. The van der Waals surface area contributed by atoms with Gasteiger partial charge in [0.05, 0.1) is 25.8 Å². The molecule has 2 N–H and O–H groups in total. The zero-order chi connectivity index (χ0) is 21.3. The van der Waals surface area contributed by atoms with Crippen molar-refractivity contribution < 1.29 is 14.2 Å². The SMILES string of the molecule is [C-]#[N+]c1c(-c2ccc(Oc3ccccc3)cc2)nn(C2CCC3(CC2)OCCO3)c1N. The van der Waals surface area contributed by atoms with Crippen LogP contribution in [0.2, 0.25) is 0 Å². The second kappa shape index (κ2) is 8.06. The van der Waals surface area contributed by atoms with E-state index >= 15 is 0 Å². The topological polar surface area (TPSA) is 75.9 Å². The van der Waals surface area contributed by atoms with Crippen molar-refractivity contribution in [3.63, 3.8) is 0 Å². The van der Waals surface area contributed by atoms with Gasteiger partial charge in [0.1, 0.15) is 23.0 Å². The van der Waals surface area contributed by atoms with Crippen molar-refractivity contribution in [2.24, 2.45) is 0 Å². The first-order valence-electron chi connectivity index (χ1n) is 10.5. The molecule has 2 aromatic carbocycles. The van der Waals surface area contributed by atoms with Gasteiger partial charge in [-0.15, -0.1) is 0 Å². The predicted octanol–water partition coefficient (Wildman–Crippen LogP) is 5.33. The predicted molar refractivity (Wildman–Crippen MR) is 117 cm³/mol. The highest BCUT2D eigenvalue weighted by Crippen LogP contribution is 2.44. The van der Waals surface area contributed by atoms with E-state index in [0.717, 1.165) is 42.7 Å². The fraction of sp³-hybridized carbons (Fsp3) is 0.333. The molecule has 158 valence electrons. The van der Waals surface area contributed by atoms with Gasteiger partial charge in [0.2, 0.25) is 0 Å². The van der Waals surface area contributed by atoms with Crippen molar-refractivity contribution in [1.29, 1.82) is 0 Å². The van der Waals surface area contributed by atoms with Crippen LogP contribution in [-0.2, 0) is 9.47 Å². The lowest BCUT2D eigenvalue weighted by Gasteiger charge is -2.35. The van der Waals surface area contributed by atoms with Crippen LogP contribution in [-0.4, -0.2) is 28.8 Å². The second-order valence-corrected chi connectivity index (χ2v) is 7.92. The van der Waals surface area contributed by atoms with Crippen molar-refractivity contribution in [3.8, 4) is 22.8 Å². The van der Waals surface area contributed by atoms with Gasteiger partial charge < -0.3 is 19.9 Å². The third-order valence-corrected chi connectivity index (χ3v) is 6.02. The van der Waals surface area contributed by atoms with Crippen LogP contribution in [0.15, 0.2) is 54.6 Å². The van der Waals surface area contributed by atoms with E-state index in [-0.39, 0.29) is 6.04 Å². The first-order chi connectivity index (χ1) is 15.2. The molecule has 7 heteroatoms. The summed E-state index contributed by atoms with van der Waals surface area (Å²) in [4.78, 5) is 3.68. The number of anilines is 1. The van der Waals surface area contributed by atoms with Gasteiger partial charge in [-0.05, 0) is 42.7 Å². The molecule has 1 saturated carbocycles. The fourth-order valence-corrected chi connectivity index (χ4v) is 4.40. The van der Waals surface area contributed by atoms with Crippen LogP contribution < -0.4 is 10.5 Å². The van der Waals surface area contributed by atoms with Crippen molar-refractivity contribution in [1.82, 2.24) is 9.78 Å². The molecule has 1 saturated heterocycles. The van der Waals surface area contributed by atoms with Gasteiger partial charge in [-0.3, -0.25) is 4.68 Å². The Morgan fingerprint density at radius 2 is 1.65 bits per heavy atom. The Balaban J connectivity index is 1.37. The van der Waals surface area contributed by atoms with Crippen LogP contribution in [0, 0.1) is 6.57 Å². The Bertz CT molecular complexity index is 1090. The summed E-state index contributed by atoms with van der Waals surface area (Å²) in [6.45, 7) is 8.97. The quantitative estimate of drug-likeness (QED) is 0.582. The zero-order valence-electron chi connectivity index (χ0n) is 17.2.